The number of ether oxygens (including phenoxy) is 1. The first-order chi connectivity index (χ1) is 12.5. The van der Waals surface area contributed by atoms with Crippen LogP contribution in [0.1, 0.15) is 42.1 Å². The summed E-state index contributed by atoms with van der Waals surface area (Å²) in [5, 5.41) is 14.3. The Morgan fingerprint density at radius 3 is 2.77 bits per heavy atom. The van der Waals surface area contributed by atoms with E-state index >= 15 is 0 Å². The van der Waals surface area contributed by atoms with Gasteiger partial charge in [0.2, 0.25) is 5.95 Å². The van der Waals surface area contributed by atoms with Crippen molar-refractivity contribution in [1.82, 2.24) is 9.97 Å². The van der Waals surface area contributed by atoms with Gasteiger partial charge in [-0.1, -0.05) is 13.3 Å². The predicted octanol–water partition coefficient (Wildman–Crippen LogP) is 3.53. The van der Waals surface area contributed by atoms with Crippen molar-refractivity contribution in [1.29, 1.82) is 10.9 Å². The molecule has 1 aromatic heterocycles. The van der Waals surface area contributed by atoms with E-state index in [-0.39, 0.29) is 11.8 Å². The van der Waals surface area contributed by atoms with Crippen molar-refractivity contribution in [3.63, 3.8) is 0 Å². The number of amidine groups is 1. The second-order valence-electron chi connectivity index (χ2n) is 5.94. The molecule has 138 valence electrons. The van der Waals surface area contributed by atoms with Crippen LogP contribution in [0.15, 0.2) is 23.3 Å². The molecule has 0 radical (unpaired) electrons. The maximum absolute atomic E-state index is 7.76. The summed E-state index contributed by atoms with van der Waals surface area (Å²) in [6.45, 7) is 4.83. The second kappa shape index (κ2) is 8.89. The largest absolute Gasteiger partial charge is 0.496 e. The zero-order valence-corrected chi connectivity index (χ0v) is 15.4. The smallest absolute Gasteiger partial charge is 0.222 e. The number of hydrogen-bond donors (Lipinski definition) is 4. The lowest BCUT2D eigenvalue weighted by atomic mass is 10.0. The van der Waals surface area contributed by atoms with Crippen molar-refractivity contribution in [3.8, 4) is 5.75 Å². The molecule has 1 heterocycles. The Morgan fingerprint density at radius 2 is 2.12 bits per heavy atom. The SMILES string of the molecule is CCCCNc1nc(N)nc(C)c1Cc1cc(C(=N)N=N)ccc1OC. The fourth-order valence-corrected chi connectivity index (χ4v) is 2.68. The highest BCUT2D eigenvalue weighted by atomic mass is 16.5. The first-order valence-electron chi connectivity index (χ1n) is 8.50. The van der Waals surface area contributed by atoms with Crippen molar-refractivity contribution in [2.24, 2.45) is 5.11 Å². The minimum absolute atomic E-state index is 0.0968. The first-order valence-corrected chi connectivity index (χ1v) is 8.50. The van der Waals surface area contributed by atoms with E-state index in [1.54, 1.807) is 19.2 Å². The van der Waals surface area contributed by atoms with Crippen LogP contribution in [0.5, 0.6) is 5.75 Å². The third-order valence-corrected chi connectivity index (χ3v) is 4.09. The number of nitrogen functional groups attached to an aromatic ring is 1. The average molecular weight is 355 g/mol. The summed E-state index contributed by atoms with van der Waals surface area (Å²) < 4.78 is 5.45. The highest BCUT2D eigenvalue weighted by molar-refractivity contribution is 5.96. The number of nitrogens with one attached hydrogen (secondary N) is 3. The highest BCUT2D eigenvalue weighted by Gasteiger charge is 2.15. The lowest BCUT2D eigenvalue weighted by molar-refractivity contribution is 0.410. The number of unbranched alkanes of at least 4 members (excludes halogenated alkanes) is 1. The van der Waals surface area contributed by atoms with Crippen LogP contribution in [0.3, 0.4) is 0 Å². The Balaban J connectivity index is 2.43. The number of aromatic nitrogens is 2. The van der Waals surface area contributed by atoms with Gasteiger partial charge in [-0.15, -0.1) is 5.11 Å². The zero-order valence-electron chi connectivity index (χ0n) is 15.4. The number of benzene rings is 1. The molecule has 8 nitrogen and oxygen atoms in total. The van der Waals surface area contributed by atoms with E-state index in [1.807, 2.05) is 13.0 Å². The van der Waals surface area contributed by atoms with Crippen LogP contribution in [-0.4, -0.2) is 29.5 Å². The van der Waals surface area contributed by atoms with Gasteiger partial charge in [0.05, 0.1) is 7.11 Å². The molecule has 0 saturated heterocycles. The van der Waals surface area contributed by atoms with Crippen molar-refractivity contribution < 1.29 is 4.74 Å². The Bertz CT molecular complexity index is 804. The van der Waals surface area contributed by atoms with Crippen LogP contribution in [0.2, 0.25) is 0 Å². The topological polar surface area (TPSA) is 133 Å². The monoisotopic (exact) mass is 355 g/mol. The number of rotatable bonds is 8. The second-order valence-corrected chi connectivity index (χ2v) is 5.94. The molecule has 0 bridgehead atoms. The summed E-state index contributed by atoms with van der Waals surface area (Å²) >= 11 is 0. The molecule has 0 spiro atoms. The van der Waals surface area contributed by atoms with Gasteiger partial charge in [0.25, 0.3) is 0 Å². The molecule has 1 aromatic carbocycles. The summed E-state index contributed by atoms with van der Waals surface area (Å²) in [6.07, 6.45) is 2.63. The number of hydrogen-bond acceptors (Lipinski definition) is 7. The normalized spacial score (nSPS) is 10.4. The first kappa shape index (κ1) is 19.3. The molecule has 0 saturated carbocycles. The molecule has 8 heteroatoms. The molecule has 2 rings (SSSR count). The quantitative estimate of drug-likeness (QED) is 0.249. The van der Waals surface area contributed by atoms with Gasteiger partial charge in [0.15, 0.2) is 5.84 Å². The Kier molecular flexibility index (Phi) is 6.60. The molecule has 0 atom stereocenters. The van der Waals surface area contributed by atoms with E-state index in [2.05, 4.69) is 27.3 Å². The third-order valence-electron chi connectivity index (χ3n) is 4.09. The van der Waals surface area contributed by atoms with E-state index in [4.69, 9.17) is 21.4 Å². The fraction of sp³-hybridized carbons (Fsp3) is 0.389. The van der Waals surface area contributed by atoms with Crippen molar-refractivity contribution in [2.45, 2.75) is 33.1 Å². The lowest BCUT2D eigenvalue weighted by Gasteiger charge is -2.16. The molecule has 0 fully saturated rings. The summed E-state index contributed by atoms with van der Waals surface area (Å²) in [6, 6.07) is 5.31. The van der Waals surface area contributed by atoms with Crippen molar-refractivity contribution in [2.75, 3.05) is 24.7 Å². The van der Waals surface area contributed by atoms with Crippen molar-refractivity contribution in [3.05, 3.63) is 40.6 Å². The fourth-order valence-electron chi connectivity index (χ4n) is 2.68. The molecular formula is C18H25N7O. The zero-order chi connectivity index (χ0) is 19.1. The van der Waals surface area contributed by atoms with E-state index < -0.39 is 0 Å². The Labute approximate surface area is 153 Å². The molecule has 0 aliphatic rings. The van der Waals surface area contributed by atoms with Gasteiger partial charge in [0.1, 0.15) is 11.6 Å². The molecule has 0 aliphatic carbocycles. The van der Waals surface area contributed by atoms with Crippen molar-refractivity contribution >= 4 is 17.6 Å². The molecule has 0 aliphatic heterocycles. The van der Waals surface area contributed by atoms with E-state index in [0.717, 1.165) is 42.0 Å². The number of nitrogens with two attached hydrogens (primary N) is 1. The summed E-state index contributed by atoms with van der Waals surface area (Å²) in [5.41, 5.74) is 16.0. The average Bonchev–Trinajstić information content (AvgIpc) is 2.63. The Hall–Kier alpha value is -3.03. The van der Waals surface area contributed by atoms with Gasteiger partial charge in [-0.3, -0.25) is 5.41 Å². The van der Waals surface area contributed by atoms with E-state index in [1.165, 1.54) is 0 Å². The molecule has 2 aromatic rings. The lowest BCUT2D eigenvalue weighted by Crippen LogP contribution is -2.12. The van der Waals surface area contributed by atoms with Gasteiger partial charge in [0, 0.05) is 29.8 Å². The van der Waals surface area contributed by atoms with E-state index in [9.17, 15) is 0 Å². The Morgan fingerprint density at radius 1 is 1.35 bits per heavy atom. The number of aryl methyl sites for hydroxylation is 1. The van der Waals surface area contributed by atoms with Gasteiger partial charge in [-0.25, -0.2) is 10.5 Å². The molecule has 0 unspecified atom stereocenters. The summed E-state index contributed by atoms with van der Waals surface area (Å²) in [5.74, 6) is 1.56. The molecule has 0 amide bonds. The summed E-state index contributed by atoms with van der Waals surface area (Å²) in [4.78, 5) is 8.64. The van der Waals surface area contributed by atoms with Crippen LogP contribution < -0.4 is 15.8 Å². The maximum Gasteiger partial charge on any atom is 0.222 e. The van der Waals surface area contributed by atoms with Crippen LogP contribution in [0.4, 0.5) is 11.8 Å². The highest BCUT2D eigenvalue weighted by Crippen LogP contribution is 2.27. The van der Waals surface area contributed by atoms with Crippen LogP contribution >= 0.6 is 0 Å². The number of nitrogens with zero attached hydrogens (tertiary/aromatic N) is 3. The maximum atomic E-state index is 7.76. The number of methoxy groups -OCH3 is 1. The molecule has 5 N–H and O–H groups in total. The third kappa shape index (κ3) is 4.53. The molecular weight excluding hydrogens is 330 g/mol. The van der Waals surface area contributed by atoms with Gasteiger partial charge < -0.3 is 15.8 Å². The van der Waals surface area contributed by atoms with Crippen LogP contribution in [0.25, 0.3) is 0 Å². The van der Waals surface area contributed by atoms with Crippen LogP contribution in [-0.2, 0) is 6.42 Å². The van der Waals surface area contributed by atoms with E-state index in [0.29, 0.717) is 17.7 Å². The minimum atomic E-state index is -0.0968. The van der Waals surface area contributed by atoms with Crippen LogP contribution in [0, 0.1) is 17.9 Å². The van der Waals surface area contributed by atoms with Gasteiger partial charge >= 0.3 is 0 Å². The molecule has 26 heavy (non-hydrogen) atoms. The van der Waals surface area contributed by atoms with Gasteiger partial charge in [-0.2, -0.15) is 4.98 Å². The summed E-state index contributed by atoms with van der Waals surface area (Å²) in [7, 11) is 1.60. The van der Waals surface area contributed by atoms with Gasteiger partial charge in [-0.05, 0) is 37.1 Å². The predicted molar refractivity (Wildman–Crippen MR) is 102 cm³/mol. The number of anilines is 2. The standard InChI is InChI=1S/C18H25N7O/c1-4-5-8-22-17-14(11(2)23-18(20)24-17)10-13-9-12(16(19)25-21)6-7-15(13)26-3/h6-7,9,19,21H,4-5,8,10H2,1-3H3,(H3,20,22,23,24). The minimum Gasteiger partial charge on any atom is -0.496 e.